The molecule has 0 spiro atoms. The number of hydrogen-bond donors (Lipinski definition) is 1. The number of nitrogens with one attached hydrogen (secondary N) is 1. The average Bonchev–Trinajstić information content (AvgIpc) is 2.27. The van der Waals surface area contributed by atoms with Gasteiger partial charge in [0, 0.05) is 31.9 Å². The van der Waals surface area contributed by atoms with Gasteiger partial charge in [0.1, 0.15) is 0 Å². The van der Waals surface area contributed by atoms with Crippen molar-refractivity contribution in [2.24, 2.45) is 4.99 Å². The molecule has 0 aromatic carbocycles. The summed E-state index contributed by atoms with van der Waals surface area (Å²) in [5.74, 6) is 0.727. The Morgan fingerprint density at radius 3 is 2.38 bits per heavy atom. The maximum atomic E-state index is 5.65. The third kappa shape index (κ3) is 5.75. The second kappa shape index (κ2) is 8.16. The highest BCUT2D eigenvalue weighted by Gasteiger charge is 2.05. The van der Waals surface area contributed by atoms with E-state index in [2.05, 4.69) is 29.3 Å². The standard InChI is InChI=1S/C12H25N3O/c1-10(11(2)13-3)12(14-4)16-9-7-8-15(5)6/h13H,7-9H2,1-6H3/b11-10+,14-12?. The molecule has 0 saturated heterocycles. The van der Waals surface area contributed by atoms with Crippen LogP contribution in [-0.4, -0.2) is 52.1 Å². The molecule has 4 heteroatoms. The molecule has 4 nitrogen and oxygen atoms in total. The first kappa shape index (κ1) is 15.0. The van der Waals surface area contributed by atoms with Gasteiger partial charge in [-0.2, -0.15) is 0 Å². The highest BCUT2D eigenvalue weighted by molar-refractivity contribution is 5.93. The van der Waals surface area contributed by atoms with Crippen molar-refractivity contribution in [2.75, 3.05) is 41.3 Å². The van der Waals surface area contributed by atoms with Crippen molar-refractivity contribution < 1.29 is 4.74 Å². The summed E-state index contributed by atoms with van der Waals surface area (Å²) in [4.78, 5) is 6.30. The molecule has 0 saturated carbocycles. The molecule has 0 aliphatic rings. The maximum absolute atomic E-state index is 5.65. The van der Waals surface area contributed by atoms with E-state index in [1.54, 1.807) is 7.05 Å². The van der Waals surface area contributed by atoms with Crippen LogP contribution in [0.3, 0.4) is 0 Å². The van der Waals surface area contributed by atoms with Crippen molar-refractivity contribution in [1.82, 2.24) is 10.2 Å². The molecular formula is C12H25N3O. The zero-order valence-electron chi connectivity index (χ0n) is 11.4. The number of hydrogen-bond acceptors (Lipinski definition) is 4. The smallest absolute Gasteiger partial charge is 0.213 e. The first-order valence-corrected chi connectivity index (χ1v) is 5.62. The number of rotatable bonds is 6. The lowest BCUT2D eigenvalue weighted by atomic mass is 10.2. The van der Waals surface area contributed by atoms with Crippen LogP contribution in [-0.2, 0) is 4.74 Å². The molecule has 0 aromatic heterocycles. The van der Waals surface area contributed by atoms with E-state index < -0.39 is 0 Å². The Hall–Kier alpha value is -1.03. The van der Waals surface area contributed by atoms with Gasteiger partial charge in [0.05, 0.1) is 6.61 Å². The fraction of sp³-hybridized carbons (Fsp3) is 0.750. The lowest BCUT2D eigenvalue weighted by Crippen LogP contribution is -2.18. The predicted octanol–water partition coefficient (Wildman–Crippen LogP) is 1.50. The highest BCUT2D eigenvalue weighted by Crippen LogP contribution is 2.04. The minimum atomic E-state index is 0.708. The van der Waals surface area contributed by atoms with Gasteiger partial charge in [-0.3, -0.25) is 4.99 Å². The van der Waals surface area contributed by atoms with Gasteiger partial charge in [-0.25, -0.2) is 0 Å². The first-order valence-electron chi connectivity index (χ1n) is 5.62. The molecule has 0 rings (SSSR count). The molecule has 0 unspecified atom stereocenters. The fourth-order valence-electron chi connectivity index (χ4n) is 1.24. The van der Waals surface area contributed by atoms with Gasteiger partial charge in [-0.1, -0.05) is 0 Å². The van der Waals surface area contributed by atoms with Crippen molar-refractivity contribution in [3.05, 3.63) is 11.3 Å². The van der Waals surface area contributed by atoms with Crippen LogP contribution >= 0.6 is 0 Å². The molecule has 0 bridgehead atoms. The van der Waals surface area contributed by atoms with Crippen molar-refractivity contribution in [3.63, 3.8) is 0 Å². The molecule has 0 aliphatic heterocycles. The lowest BCUT2D eigenvalue weighted by Gasteiger charge is -2.13. The van der Waals surface area contributed by atoms with Crippen LogP contribution in [0.15, 0.2) is 16.3 Å². The summed E-state index contributed by atoms with van der Waals surface area (Å²) in [6.07, 6.45) is 1.01. The Kier molecular flexibility index (Phi) is 7.64. The summed E-state index contributed by atoms with van der Waals surface area (Å²) in [5, 5.41) is 3.10. The summed E-state index contributed by atoms with van der Waals surface area (Å²) < 4.78 is 5.65. The van der Waals surface area contributed by atoms with Gasteiger partial charge in [-0.05, 0) is 34.4 Å². The molecule has 1 N–H and O–H groups in total. The summed E-state index contributed by atoms with van der Waals surface area (Å²) in [6, 6.07) is 0. The van der Waals surface area contributed by atoms with Gasteiger partial charge in [-0.15, -0.1) is 0 Å². The van der Waals surface area contributed by atoms with E-state index in [1.807, 2.05) is 20.9 Å². The third-order valence-corrected chi connectivity index (χ3v) is 2.45. The monoisotopic (exact) mass is 227 g/mol. The number of allylic oxidation sites excluding steroid dienone is 1. The minimum Gasteiger partial charge on any atom is -0.478 e. The average molecular weight is 227 g/mol. The van der Waals surface area contributed by atoms with Gasteiger partial charge in [0.15, 0.2) is 0 Å². The molecule has 0 fully saturated rings. The second-order valence-electron chi connectivity index (χ2n) is 4.03. The van der Waals surface area contributed by atoms with Crippen molar-refractivity contribution >= 4 is 5.90 Å². The van der Waals surface area contributed by atoms with E-state index >= 15 is 0 Å². The SMILES string of the molecule is CN=C(OCCCN(C)C)/C(C)=C(\C)NC. The van der Waals surface area contributed by atoms with Crippen LogP contribution in [0.1, 0.15) is 20.3 Å². The second-order valence-corrected chi connectivity index (χ2v) is 4.03. The summed E-state index contributed by atoms with van der Waals surface area (Å²) >= 11 is 0. The molecular weight excluding hydrogens is 202 g/mol. The topological polar surface area (TPSA) is 36.9 Å². The molecule has 0 radical (unpaired) electrons. The largest absolute Gasteiger partial charge is 0.478 e. The Labute approximate surface area is 99.4 Å². The number of aliphatic imine (C=N–C) groups is 1. The van der Waals surface area contributed by atoms with E-state index in [4.69, 9.17) is 4.74 Å². The van der Waals surface area contributed by atoms with Gasteiger partial charge in [0.2, 0.25) is 5.90 Å². The maximum Gasteiger partial charge on any atom is 0.213 e. The molecule has 0 aliphatic carbocycles. The fourth-order valence-corrected chi connectivity index (χ4v) is 1.24. The molecule has 0 aromatic rings. The summed E-state index contributed by atoms with van der Waals surface area (Å²) in [7, 11) is 7.78. The van der Waals surface area contributed by atoms with Crippen LogP contribution in [0.4, 0.5) is 0 Å². The Morgan fingerprint density at radius 1 is 1.31 bits per heavy atom. The molecule has 0 amide bonds. The Bertz CT molecular complexity index is 257. The van der Waals surface area contributed by atoms with Gasteiger partial charge >= 0.3 is 0 Å². The minimum absolute atomic E-state index is 0.708. The van der Waals surface area contributed by atoms with Gasteiger partial charge < -0.3 is 15.0 Å². The molecule has 94 valence electrons. The van der Waals surface area contributed by atoms with E-state index in [-0.39, 0.29) is 0 Å². The summed E-state index contributed by atoms with van der Waals surface area (Å²) in [5.41, 5.74) is 2.16. The first-order chi connectivity index (χ1) is 7.52. The highest BCUT2D eigenvalue weighted by atomic mass is 16.5. The van der Waals surface area contributed by atoms with Crippen LogP contribution in [0.2, 0.25) is 0 Å². The van der Waals surface area contributed by atoms with Crippen molar-refractivity contribution in [3.8, 4) is 0 Å². The van der Waals surface area contributed by atoms with Crippen LogP contribution in [0.25, 0.3) is 0 Å². The molecule has 16 heavy (non-hydrogen) atoms. The van der Waals surface area contributed by atoms with Crippen LogP contribution < -0.4 is 5.32 Å². The van der Waals surface area contributed by atoms with E-state index in [0.29, 0.717) is 6.61 Å². The van der Waals surface area contributed by atoms with E-state index in [0.717, 1.165) is 30.1 Å². The number of nitrogens with zero attached hydrogens (tertiary/aromatic N) is 2. The summed E-state index contributed by atoms with van der Waals surface area (Å²) in [6.45, 7) is 5.77. The Balaban J connectivity index is 4.14. The quantitative estimate of drug-likeness (QED) is 0.424. The van der Waals surface area contributed by atoms with Gasteiger partial charge in [0.25, 0.3) is 0 Å². The van der Waals surface area contributed by atoms with E-state index in [1.165, 1.54) is 0 Å². The van der Waals surface area contributed by atoms with E-state index in [9.17, 15) is 0 Å². The Morgan fingerprint density at radius 2 is 1.94 bits per heavy atom. The normalized spacial score (nSPS) is 13.8. The molecule has 0 heterocycles. The molecule has 0 atom stereocenters. The van der Waals surface area contributed by atoms with Crippen LogP contribution in [0, 0.1) is 0 Å². The zero-order chi connectivity index (χ0) is 12.6. The zero-order valence-corrected chi connectivity index (χ0v) is 11.4. The predicted molar refractivity (Wildman–Crippen MR) is 69.9 cm³/mol. The van der Waals surface area contributed by atoms with Crippen LogP contribution in [0.5, 0.6) is 0 Å². The third-order valence-electron chi connectivity index (χ3n) is 2.45. The lowest BCUT2D eigenvalue weighted by molar-refractivity contribution is 0.271. The van der Waals surface area contributed by atoms with Crippen molar-refractivity contribution in [2.45, 2.75) is 20.3 Å². The number of ether oxygens (including phenoxy) is 1. The van der Waals surface area contributed by atoms with Crippen molar-refractivity contribution in [1.29, 1.82) is 0 Å².